The van der Waals surface area contributed by atoms with E-state index in [0.717, 1.165) is 3.58 Å². The van der Waals surface area contributed by atoms with E-state index in [1.54, 1.807) is 0 Å². The van der Waals surface area contributed by atoms with E-state index >= 15 is 0 Å². The summed E-state index contributed by atoms with van der Waals surface area (Å²) in [6.07, 6.45) is 9.82. The molecule has 1 rings (SSSR count). The highest BCUT2D eigenvalue weighted by Crippen LogP contribution is 2.26. The van der Waals surface area contributed by atoms with Crippen molar-refractivity contribution in [1.82, 2.24) is 0 Å². The van der Waals surface area contributed by atoms with Crippen molar-refractivity contribution in [3.05, 3.63) is 9.66 Å². The molecule has 0 N–H and O–H groups in total. The van der Waals surface area contributed by atoms with Crippen LogP contribution >= 0.6 is 22.6 Å². The van der Waals surface area contributed by atoms with Crippen LogP contribution in [0, 0.1) is 5.92 Å². The van der Waals surface area contributed by atoms with Gasteiger partial charge >= 0.3 is 5.97 Å². The van der Waals surface area contributed by atoms with Crippen molar-refractivity contribution in [3.8, 4) is 0 Å². The number of hydrogen-bond donors (Lipinski definition) is 0. The van der Waals surface area contributed by atoms with Gasteiger partial charge in [0.25, 0.3) is 0 Å². The highest BCUT2D eigenvalue weighted by Gasteiger charge is 2.13. The minimum absolute atomic E-state index is 0.199. The van der Waals surface area contributed by atoms with Crippen LogP contribution in [-0.4, -0.2) is 13.1 Å². The molecule has 2 nitrogen and oxygen atoms in total. The molecule has 1 fully saturated rings. The van der Waals surface area contributed by atoms with Gasteiger partial charge in [-0.1, -0.05) is 31.8 Å². The quantitative estimate of drug-likeness (QED) is 0.338. The van der Waals surface area contributed by atoms with E-state index in [2.05, 4.69) is 33.4 Å². The lowest BCUT2D eigenvalue weighted by molar-refractivity contribution is -0.135. The zero-order valence-electron chi connectivity index (χ0n) is 8.59. The third-order valence-corrected chi connectivity index (χ3v) is 3.46. The van der Waals surface area contributed by atoms with Crippen LogP contribution in [0.15, 0.2) is 9.66 Å². The summed E-state index contributed by atoms with van der Waals surface area (Å²) < 4.78 is 5.40. The van der Waals surface area contributed by atoms with Crippen LogP contribution in [0.3, 0.4) is 0 Å². The molecule has 0 aromatic rings. The number of allylic oxidation sites excluding steroid dienone is 1. The standard InChI is InChI=1S/C11H17IO2/c1-14-11(13)10(12)8-9-6-4-2-3-5-7-9/h8-9H,2-7H2,1H3/b10-8+. The van der Waals surface area contributed by atoms with Gasteiger partial charge in [-0.3, -0.25) is 0 Å². The fourth-order valence-corrected chi connectivity index (χ4v) is 2.58. The summed E-state index contributed by atoms with van der Waals surface area (Å²) in [5, 5.41) is 0. The van der Waals surface area contributed by atoms with Gasteiger partial charge in [-0.15, -0.1) is 0 Å². The molecule has 0 aromatic heterocycles. The molecule has 0 saturated heterocycles. The molecule has 0 heterocycles. The second-order valence-electron chi connectivity index (χ2n) is 3.76. The summed E-state index contributed by atoms with van der Waals surface area (Å²) in [6.45, 7) is 0. The Morgan fingerprint density at radius 2 is 1.86 bits per heavy atom. The lowest BCUT2D eigenvalue weighted by Gasteiger charge is -2.08. The van der Waals surface area contributed by atoms with Crippen molar-refractivity contribution >= 4 is 28.6 Å². The molecular weight excluding hydrogens is 291 g/mol. The highest BCUT2D eigenvalue weighted by atomic mass is 127. The van der Waals surface area contributed by atoms with Crippen molar-refractivity contribution < 1.29 is 9.53 Å². The van der Waals surface area contributed by atoms with Crippen LogP contribution in [-0.2, 0) is 9.53 Å². The third kappa shape index (κ3) is 3.98. The maximum atomic E-state index is 11.2. The van der Waals surface area contributed by atoms with Crippen LogP contribution < -0.4 is 0 Å². The SMILES string of the molecule is COC(=O)/C(I)=C\C1CCCCCC1. The van der Waals surface area contributed by atoms with Gasteiger partial charge in [-0.25, -0.2) is 4.79 Å². The Labute approximate surface area is 99.2 Å². The number of esters is 1. The van der Waals surface area contributed by atoms with E-state index in [1.165, 1.54) is 45.6 Å². The summed E-state index contributed by atoms with van der Waals surface area (Å²) in [5.41, 5.74) is 0. The van der Waals surface area contributed by atoms with Gasteiger partial charge < -0.3 is 4.74 Å². The van der Waals surface area contributed by atoms with Crippen LogP contribution in [0.2, 0.25) is 0 Å². The molecule has 0 unspecified atom stereocenters. The first-order valence-corrected chi connectivity index (χ1v) is 6.27. The minimum Gasteiger partial charge on any atom is -0.465 e. The molecular formula is C11H17IO2. The summed E-state index contributed by atoms with van der Waals surface area (Å²) >= 11 is 2.07. The fraction of sp³-hybridized carbons (Fsp3) is 0.727. The van der Waals surface area contributed by atoms with E-state index < -0.39 is 0 Å². The van der Waals surface area contributed by atoms with E-state index in [9.17, 15) is 4.79 Å². The lowest BCUT2D eigenvalue weighted by Crippen LogP contribution is -2.02. The predicted octanol–water partition coefficient (Wildman–Crippen LogP) is 3.45. The molecule has 0 aliphatic heterocycles. The average Bonchev–Trinajstić information content (AvgIpc) is 2.45. The van der Waals surface area contributed by atoms with Gasteiger partial charge in [0.1, 0.15) is 0 Å². The first kappa shape index (κ1) is 12.0. The summed E-state index contributed by atoms with van der Waals surface area (Å²) in [7, 11) is 1.43. The van der Waals surface area contributed by atoms with Gasteiger partial charge in [0.2, 0.25) is 0 Å². The Morgan fingerprint density at radius 3 is 2.36 bits per heavy atom. The maximum Gasteiger partial charge on any atom is 0.343 e. The molecule has 1 aliphatic carbocycles. The smallest absolute Gasteiger partial charge is 0.343 e. The van der Waals surface area contributed by atoms with Gasteiger partial charge in [0.15, 0.2) is 0 Å². The first-order valence-electron chi connectivity index (χ1n) is 5.19. The Bertz CT molecular complexity index is 215. The van der Waals surface area contributed by atoms with E-state index in [1.807, 2.05) is 0 Å². The van der Waals surface area contributed by atoms with Gasteiger partial charge in [-0.2, -0.15) is 0 Å². The van der Waals surface area contributed by atoms with Crippen molar-refractivity contribution in [2.75, 3.05) is 7.11 Å². The number of ether oxygens (including phenoxy) is 1. The fourth-order valence-electron chi connectivity index (χ4n) is 1.85. The number of hydrogen-bond acceptors (Lipinski definition) is 2. The Kier molecular flexibility index (Phi) is 5.52. The molecule has 1 aliphatic rings. The van der Waals surface area contributed by atoms with Crippen molar-refractivity contribution in [3.63, 3.8) is 0 Å². The lowest BCUT2D eigenvalue weighted by atomic mass is 10.00. The van der Waals surface area contributed by atoms with Crippen LogP contribution in [0.1, 0.15) is 38.5 Å². The van der Waals surface area contributed by atoms with Gasteiger partial charge in [0.05, 0.1) is 10.7 Å². The second-order valence-corrected chi connectivity index (χ2v) is 4.92. The molecule has 0 bridgehead atoms. The molecule has 0 atom stereocenters. The number of halogens is 1. The molecule has 0 aromatic carbocycles. The molecule has 3 heteroatoms. The minimum atomic E-state index is -0.199. The molecule has 80 valence electrons. The van der Waals surface area contributed by atoms with Gasteiger partial charge in [0, 0.05) is 0 Å². The molecule has 0 amide bonds. The van der Waals surface area contributed by atoms with Crippen molar-refractivity contribution in [2.24, 2.45) is 5.92 Å². The Hall–Kier alpha value is -0.0600. The summed E-state index contributed by atoms with van der Waals surface area (Å²) in [4.78, 5) is 11.2. The number of carbonyl (C=O) groups is 1. The van der Waals surface area contributed by atoms with E-state index in [-0.39, 0.29) is 5.97 Å². The summed E-state index contributed by atoms with van der Waals surface area (Å²) in [5.74, 6) is 0.387. The first-order chi connectivity index (χ1) is 6.74. The number of methoxy groups -OCH3 is 1. The monoisotopic (exact) mass is 308 g/mol. The topological polar surface area (TPSA) is 26.3 Å². The largest absolute Gasteiger partial charge is 0.465 e. The zero-order chi connectivity index (χ0) is 10.4. The van der Waals surface area contributed by atoms with Gasteiger partial charge in [-0.05, 0) is 41.4 Å². The normalized spacial score (nSPS) is 20.3. The van der Waals surface area contributed by atoms with Crippen molar-refractivity contribution in [2.45, 2.75) is 38.5 Å². The Balaban J connectivity index is 2.50. The third-order valence-electron chi connectivity index (χ3n) is 2.66. The second kappa shape index (κ2) is 6.43. The van der Waals surface area contributed by atoms with E-state index in [0.29, 0.717) is 5.92 Å². The van der Waals surface area contributed by atoms with Crippen molar-refractivity contribution in [1.29, 1.82) is 0 Å². The molecule has 14 heavy (non-hydrogen) atoms. The van der Waals surface area contributed by atoms with Crippen LogP contribution in [0.4, 0.5) is 0 Å². The van der Waals surface area contributed by atoms with Crippen LogP contribution in [0.25, 0.3) is 0 Å². The van der Waals surface area contributed by atoms with Crippen LogP contribution in [0.5, 0.6) is 0 Å². The predicted molar refractivity (Wildman–Crippen MR) is 65.3 cm³/mol. The number of rotatable bonds is 2. The maximum absolute atomic E-state index is 11.2. The molecule has 0 radical (unpaired) electrons. The Morgan fingerprint density at radius 1 is 1.29 bits per heavy atom. The molecule has 0 spiro atoms. The van der Waals surface area contributed by atoms with E-state index in [4.69, 9.17) is 0 Å². The molecule has 1 saturated carbocycles. The zero-order valence-corrected chi connectivity index (χ0v) is 10.7. The number of carbonyl (C=O) groups excluding carboxylic acids is 1. The highest BCUT2D eigenvalue weighted by molar-refractivity contribution is 14.1. The summed E-state index contributed by atoms with van der Waals surface area (Å²) in [6, 6.07) is 0. The average molecular weight is 308 g/mol.